The summed E-state index contributed by atoms with van der Waals surface area (Å²) in [5.41, 5.74) is 4.10. The van der Waals surface area contributed by atoms with Gasteiger partial charge in [0.1, 0.15) is 5.75 Å². The molecule has 2 rings (SSSR count). The second kappa shape index (κ2) is 7.56. The number of hydrogen-bond donors (Lipinski definition) is 1. The highest BCUT2D eigenvalue weighted by atomic mass is 16.5. The van der Waals surface area contributed by atoms with Crippen LogP contribution in [0.15, 0.2) is 12.1 Å². The zero-order valence-electron chi connectivity index (χ0n) is 13.3. The normalized spacial score (nSPS) is 16.1. The summed E-state index contributed by atoms with van der Waals surface area (Å²) in [6.45, 7) is 4.44. The molecule has 0 unspecified atom stereocenters. The van der Waals surface area contributed by atoms with E-state index in [1.165, 1.54) is 61.8 Å². The summed E-state index contributed by atoms with van der Waals surface area (Å²) in [4.78, 5) is 0. The molecule has 1 aliphatic carbocycles. The van der Waals surface area contributed by atoms with Crippen LogP contribution in [0.1, 0.15) is 63.0 Å². The molecule has 0 spiro atoms. The van der Waals surface area contributed by atoms with Crippen molar-refractivity contribution in [2.45, 2.75) is 71.3 Å². The van der Waals surface area contributed by atoms with Gasteiger partial charge in [0.15, 0.2) is 0 Å². The molecule has 112 valence electrons. The van der Waals surface area contributed by atoms with Crippen molar-refractivity contribution in [2.75, 3.05) is 12.4 Å². The fraction of sp³-hybridized carbons (Fsp3) is 0.667. The lowest BCUT2D eigenvalue weighted by Gasteiger charge is -2.26. The Bertz CT molecular complexity index is 422. The van der Waals surface area contributed by atoms with Gasteiger partial charge in [-0.3, -0.25) is 0 Å². The molecule has 0 heterocycles. The molecular formula is C18H29NO. The van der Waals surface area contributed by atoms with Gasteiger partial charge in [-0.2, -0.15) is 0 Å². The van der Waals surface area contributed by atoms with Crippen molar-refractivity contribution in [1.82, 2.24) is 0 Å². The van der Waals surface area contributed by atoms with Crippen LogP contribution in [0.5, 0.6) is 5.75 Å². The first kappa shape index (κ1) is 15.2. The molecule has 0 saturated heterocycles. The van der Waals surface area contributed by atoms with Gasteiger partial charge in [0, 0.05) is 11.7 Å². The molecule has 1 aromatic carbocycles. The van der Waals surface area contributed by atoms with Crippen molar-refractivity contribution in [3.8, 4) is 5.75 Å². The Morgan fingerprint density at radius 3 is 2.60 bits per heavy atom. The molecule has 1 N–H and O–H groups in total. The third-order valence-electron chi connectivity index (χ3n) is 4.51. The van der Waals surface area contributed by atoms with Crippen LogP contribution in [-0.2, 0) is 6.42 Å². The van der Waals surface area contributed by atoms with Crippen molar-refractivity contribution in [3.63, 3.8) is 0 Å². The summed E-state index contributed by atoms with van der Waals surface area (Å²) in [7, 11) is 1.76. The number of ether oxygens (including phenoxy) is 1. The molecular weight excluding hydrogens is 246 g/mol. The first-order chi connectivity index (χ1) is 9.76. The second-order valence-electron chi connectivity index (χ2n) is 6.00. The van der Waals surface area contributed by atoms with E-state index in [1.54, 1.807) is 7.11 Å². The molecule has 0 aliphatic heterocycles. The quantitative estimate of drug-likeness (QED) is 0.780. The Balaban J connectivity index is 2.18. The molecule has 0 amide bonds. The lowest BCUT2D eigenvalue weighted by atomic mass is 9.94. The van der Waals surface area contributed by atoms with E-state index in [4.69, 9.17) is 4.74 Å². The Morgan fingerprint density at radius 1 is 1.20 bits per heavy atom. The minimum absolute atomic E-state index is 0.664. The number of anilines is 1. The molecule has 1 aliphatic rings. The Morgan fingerprint density at radius 2 is 1.95 bits per heavy atom. The molecule has 2 nitrogen and oxygen atoms in total. The standard InChI is InChI=1S/C18H29NO/c1-4-5-11-16-14(2)18(20-3)13-12-17(16)19-15-9-7-6-8-10-15/h12-13,15,19H,4-11H2,1-3H3. The van der Waals surface area contributed by atoms with E-state index >= 15 is 0 Å². The van der Waals surface area contributed by atoms with Crippen LogP contribution >= 0.6 is 0 Å². The molecule has 1 aromatic rings. The SMILES string of the molecule is CCCCc1c(NC2CCCCC2)ccc(OC)c1C. The second-order valence-corrected chi connectivity index (χ2v) is 6.00. The average molecular weight is 275 g/mol. The summed E-state index contributed by atoms with van der Waals surface area (Å²) in [6, 6.07) is 4.98. The maximum atomic E-state index is 5.48. The molecule has 0 aromatic heterocycles. The van der Waals surface area contributed by atoms with Gasteiger partial charge in [-0.15, -0.1) is 0 Å². The average Bonchev–Trinajstić information content (AvgIpc) is 2.48. The van der Waals surface area contributed by atoms with E-state index < -0.39 is 0 Å². The number of unbranched alkanes of at least 4 members (excludes halogenated alkanes) is 1. The monoisotopic (exact) mass is 275 g/mol. The lowest BCUT2D eigenvalue weighted by molar-refractivity contribution is 0.411. The van der Waals surface area contributed by atoms with E-state index in [1.807, 2.05) is 0 Å². The minimum atomic E-state index is 0.664. The maximum Gasteiger partial charge on any atom is 0.122 e. The largest absolute Gasteiger partial charge is 0.496 e. The highest BCUT2D eigenvalue weighted by Crippen LogP contribution is 2.31. The van der Waals surface area contributed by atoms with Gasteiger partial charge in [0.25, 0.3) is 0 Å². The van der Waals surface area contributed by atoms with Crippen LogP contribution in [0.25, 0.3) is 0 Å². The summed E-state index contributed by atoms with van der Waals surface area (Å²) >= 11 is 0. The van der Waals surface area contributed by atoms with Crippen LogP contribution in [0, 0.1) is 6.92 Å². The number of nitrogens with one attached hydrogen (secondary N) is 1. The molecule has 2 heteroatoms. The van der Waals surface area contributed by atoms with E-state index in [0.717, 1.165) is 12.2 Å². The Kier molecular flexibility index (Phi) is 5.75. The zero-order chi connectivity index (χ0) is 14.4. The molecule has 0 bridgehead atoms. The first-order valence-electron chi connectivity index (χ1n) is 8.19. The maximum absolute atomic E-state index is 5.48. The topological polar surface area (TPSA) is 21.3 Å². The van der Waals surface area contributed by atoms with Crippen LogP contribution < -0.4 is 10.1 Å². The van der Waals surface area contributed by atoms with E-state index in [9.17, 15) is 0 Å². The smallest absolute Gasteiger partial charge is 0.122 e. The van der Waals surface area contributed by atoms with Gasteiger partial charge in [0.2, 0.25) is 0 Å². The van der Waals surface area contributed by atoms with Crippen LogP contribution in [0.4, 0.5) is 5.69 Å². The molecule has 0 atom stereocenters. The lowest BCUT2D eigenvalue weighted by Crippen LogP contribution is -2.23. The van der Waals surface area contributed by atoms with Crippen molar-refractivity contribution >= 4 is 5.69 Å². The number of hydrogen-bond acceptors (Lipinski definition) is 2. The summed E-state index contributed by atoms with van der Waals surface area (Å²) < 4.78 is 5.48. The Hall–Kier alpha value is -1.18. The van der Waals surface area contributed by atoms with Crippen LogP contribution in [-0.4, -0.2) is 13.2 Å². The zero-order valence-corrected chi connectivity index (χ0v) is 13.3. The fourth-order valence-electron chi connectivity index (χ4n) is 3.23. The molecule has 1 saturated carbocycles. The first-order valence-corrected chi connectivity index (χ1v) is 8.19. The van der Waals surface area contributed by atoms with Gasteiger partial charge < -0.3 is 10.1 Å². The van der Waals surface area contributed by atoms with Gasteiger partial charge >= 0.3 is 0 Å². The number of benzene rings is 1. The van der Waals surface area contributed by atoms with E-state index in [0.29, 0.717) is 6.04 Å². The summed E-state index contributed by atoms with van der Waals surface area (Å²) in [5.74, 6) is 1.02. The van der Waals surface area contributed by atoms with Crippen molar-refractivity contribution in [3.05, 3.63) is 23.3 Å². The van der Waals surface area contributed by atoms with Crippen LogP contribution in [0.3, 0.4) is 0 Å². The van der Waals surface area contributed by atoms with Gasteiger partial charge in [0.05, 0.1) is 7.11 Å². The predicted octanol–water partition coefficient (Wildman–Crippen LogP) is 5.09. The predicted molar refractivity (Wildman–Crippen MR) is 86.8 cm³/mol. The third kappa shape index (κ3) is 3.68. The molecule has 1 fully saturated rings. The van der Waals surface area contributed by atoms with Crippen LogP contribution in [0.2, 0.25) is 0 Å². The Labute approximate surface area is 123 Å². The molecule has 0 radical (unpaired) electrons. The van der Waals surface area contributed by atoms with Crippen molar-refractivity contribution in [1.29, 1.82) is 0 Å². The molecule has 20 heavy (non-hydrogen) atoms. The third-order valence-corrected chi connectivity index (χ3v) is 4.51. The minimum Gasteiger partial charge on any atom is -0.496 e. The number of rotatable bonds is 6. The van der Waals surface area contributed by atoms with Crippen molar-refractivity contribution < 1.29 is 4.74 Å². The van der Waals surface area contributed by atoms with Crippen molar-refractivity contribution in [2.24, 2.45) is 0 Å². The fourth-order valence-corrected chi connectivity index (χ4v) is 3.23. The van der Waals surface area contributed by atoms with Gasteiger partial charge in [-0.25, -0.2) is 0 Å². The summed E-state index contributed by atoms with van der Waals surface area (Å²) in [6.07, 6.45) is 10.4. The van der Waals surface area contributed by atoms with Gasteiger partial charge in [-0.1, -0.05) is 32.6 Å². The van der Waals surface area contributed by atoms with Gasteiger partial charge in [-0.05, 0) is 55.9 Å². The highest BCUT2D eigenvalue weighted by molar-refractivity contribution is 5.59. The van der Waals surface area contributed by atoms with E-state index in [2.05, 4.69) is 31.3 Å². The highest BCUT2D eigenvalue weighted by Gasteiger charge is 2.16. The van der Waals surface area contributed by atoms with E-state index in [-0.39, 0.29) is 0 Å². The summed E-state index contributed by atoms with van der Waals surface area (Å²) in [5, 5.41) is 3.79. The number of methoxy groups -OCH3 is 1.